The molecule has 0 radical (unpaired) electrons. The van der Waals surface area contributed by atoms with Gasteiger partial charge in [0.2, 0.25) is 0 Å². The Morgan fingerprint density at radius 2 is 2.32 bits per heavy atom. The van der Waals surface area contributed by atoms with E-state index in [4.69, 9.17) is 17.3 Å². The number of hydrogen-bond acceptors (Lipinski definition) is 3. The van der Waals surface area contributed by atoms with Crippen LogP contribution < -0.4 is 5.73 Å². The average Bonchev–Trinajstić information content (AvgIpc) is 2.81. The molecule has 0 saturated carbocycles. The molecule has 1 aliphatic rings. The molecule has 5 heteroatoms. The number of aryl methyl sites for hydroxylation is 1. The lowest BCUT2D eigenvalue weighted by atomic mass is 9.70. The Morgan fingerprint density at radius 1 is 1.47 bits per heavy atom. The highest BCUT2D eigenvalue weighted by atomic mass is 35.5. The summed E-state index contributed by atoms with van der Waals surface area (Å²) in [5, 5.41) is 4.90. The highest BCUT2D eigenvalue weighted by Gasteiger charge is 2.40. The fourth-order valence-electron chi connectivity index (χ4n) is 3.11. The number of pyridine rings is 1. The molecular weight excluding hydrogens is 260 g/mol. The zero-order valence-electron chi connectivity index (χ0n) is 10.9. The predicted molar refractivity (Wildman–Crippen MR) is 75.2 cm³/mol. The lowest BCUT2D eigenvalue weighted by Crippen LogP contribution is -2.40. The van der Waals surface area contributed by atoms with Crippen molar-refractivity contribution in [3.8, 4) is 0 Å². The van der Waals surface area contributed by atoms with Crippen LogP contribution in [-0.4, -0.2) is 21.3 Å². The second-order valence-corrected chi connectivity index (χ2v) is 5.50. The normalized spacial score (nSPS) is 22.3. The zero-order valence-corrected chi connectivity index (χ0v) is 11.7. The van der Waals surface area contributed by atoms with Crippen LogP contribution in [0.4, 0.5) is 0 Å². The van der Waals surface area contributed by atoms with Crippen LogP contribution in [0, 0.1) is 0 Å². The number of fused-ring (bicyclic) bond motifs is 1. The van der Waals surface area contributed by atoms with Gasteiger partial charge in [-0.15, -0.1) is 0 Å². The van der Waals surface area contributed by atoms with E-state index in [0.29, 0.717) is 11.7 Å². The van der Waals surface area contributed by atoms with Gasteiger partial charge in [-0.3, -0.25) is 4.68 Å². The topological polar surface area (TPSA) is 56.7 Å². The molecule has 1 unspecified atom stereocenters. The molecule has 0 bridgehead atoms. The number of hydrogen-bond donors (Lipinski definition) is 1. The van der Waals surface area contributed by atoms with Gasteiger partial charge in [0.25, 0.3) is 0 Å². The smallest absolute Gasteiger partial charge is 0.129 e. The highest BCUT2D eigenvalue weighted by Crippen LogP contribution is 2.41. The van der Waals surface area contributed by atoms with Crippen molar-refractivity contribution >= 4 is 11.6 Å². The third kappa shape index (κ3) is 1.86. The van der Waals surface area contributed by atoms with Crippen molar-refractivity contribution in [1.82, 2.24) is 14.8 Å². The molecule has 2 aromatic heterocycles. The van der Waals surface area contributed by atoms with Crippen LogP contribution in [-0.2, 0) is 18.9 Å². The van der Waals surface area contributed by atoms with E-state index in [1.807, 2.05) is 30.1 Å². The summed E-state index contributed by atoms with van der Waals surface area (Å²) >= 11 is 6.04. The molecule has 0 aliphatic heterocycles. The highest BCUT2D eigenvalue weighted by molar-refractivity contribution is 6.29. The minimum atomic E-state index is -0.243. The number of halogens is 1. The molecular formula is C14H17ClN4. The van der Waals surface area contributed by atoms with Gasteiger partial charge in [0.15, 0.2) is 0 Å². The van der Waals surface area contributed by atoms with Crippen molar-refractivity contribution in [2.24, 2.45) is 12.8 Å². The third-order valence-electron chi connectivity index (χ3n) is 4.15. The largest absolute Gasteiger partial charge is 0.329 e. The summed E-state index contributed by atoms with van der Waals surface area (Å²) in [6, 6.07) is 5.75. The van der Waals surface area contributed by atoms with E-state index in [2.05, 4.69) is 10.1 Å². The first-order valence-electron chi connectivity index (χ1n) is 6.52. The molecule has 1 aliphatic carbocycles. The van der Waals surface area contributed by atoms with Gasteiger partial charge in [-0.2, -0.15) is 5.10 Å². The first-order valence-corrected chi connectivity index (χ1v) is 6.89. The maximum Gasteiger partial charge on any atom is 0.129 e. The number of nitrogens with zero attached hydrogens (tertiary/aromatic N) is 3. The summed E-state index contributed by atoms with van der Waals surface area (Å²) in [5.74, 6) is 0. The summed E-state index contributed by atoms with van der Waals surface area (Å²) in [4.78, 5) is 4.50. The second kappa shape index (κ2) is 4.62. The number of aromatic nitrogens is 3. The van der Waals surface area contributed by atoms with Gasteiger partial charge in [-0.05, 0) is 31.4 Å². The number of nitrogens with two attached hydrogens (primary N) is 1. The molecule has 0 aromatic carbocycles. The van der Waals surface area contributed by atoms with Crippen LogP contribution in [0.5, 0.6) is 0 Å². The Morgan fingerprint density at radius 3 is 3.05 bits per heavy atom. The van der Waals surface area contributed by atoms with E-state index >= 15 is 0 Å². The molecule has 19 heavy (non-hydrogen) atoms. The van der Waals surface area contributed by atoms with Gasteiger partial charge in [0.1, 0.15) is 5.15 Å². The maximum atomic E-state index is 6.12. The van der Waals surface area contributed by atoms with E-state index in [1.54, 1.807) is 6.07 Å². The first-order chi connectivity index (χ1) is 9.17. The van der Waals surface area contributed by atoms with Crippen molar-refractivity contribution in [2.75, 3.05) is 6.54 Å². The lowest BCUT2D eigenvalue weighted by molar-refractivity contribution is 0.419. The quantitative estimate of drug-likeness (QED) is 0.854. The van der Waals surface area contributed by atoms with Gasteiger partial charge in [-0.25, -0.2) is 4.98 Å². The van der Waals surface area contributed by atoms with Crippen molar-refractivity contribution in [3.05, 3.63) is 46.5 Å². The standard InChI is InChI=1S/C14H17ClN4/c1-19-11-4-3-7-14(9-16,10(11)8-17-19)12-5-2-6-13(15)18-12/h2,5-6,8H,3-4,7,9,16H2,1H3. The van der Waals surface area contributed by atoms with Crippen molar-refractivity contribution < 1.29 is 0 Å². The molecule has 0 fully saturated rings. The maximum absolute atomic E-state index is 6.12. The van der Waals surface area contributed by atoms with Crippen LogP contribution in [0.3, 0.4) is 0 Å². The van der Waals surface area contributed by atoms with Gasteiger partial charge >= 0.3 is 0 Å². The van der Waals surface area contributed by atoms with Gasteiger partial charge < -0.3 is 5.73 Å². The Hall–Kier alpha value is -1.39. The van der Waals surface area contributed by atoms with Gasteiger partial charge in [-0.1, -0.05) is 17.7 Å². The molecule has 100 valence electrons. The van der Waals surface area contributed by atoms with Crippen molar-refractivity contribution in [2.45, 2.75) is 24.7 Å². The van der Waals surface area contributed by atoms with Crippen LogP contribution in [0.15, 0.2) is 24.4 Å². The van der Waals surface area contributed by atoms with E-state index in [1.165, 1.54) is 11.3 Å². The fourth-order valence-corrected chi connectivity index (χ4v) is 3.27. The molecule has 4 nitrogen and oxygen atoms in total. The minimum absolute atomic E-state index is 0.243. The van der Waals surface area contributed by atoms with E-state index in [9.17, 15) is 0 Å². The van der Waals surface area contributed by atoms with Gasteiger partial charge in [0, 0.05) is 24.8 Å². The Bertz CT molecular complexity index is 607. The van der Waals surface area contributed by atoms with E-state index in [-0.39, 0.29) is 5.41 Å². The summed E-state index contributed by atoms with van der Waals surface area (Å²) in [7, 11) is 1.98. The van der Waals surface area contributed by atoms with Crippen molar-refractivity contribution in [3.63, 3.8) is 0 Å². The Labute approximate surface area is 117 Å². The Balaban J connectivity index is 2.20. The van der Waals surface area contributed by atoms with Crippen LogP contribution in [0.1, 0.15) is 29.8 Å². The molecule has 0 amide bonds. The first kappa shape index (κ1) is 12.6. The zero-order chi connectivity index (χ0) is 13.5. The van der Waals surface area contributed by atoms with Crippen molar-refractivity contribution in [1.29, 1.82) is 0 Å². The second-order valence-electron chi connectivity index (χ2n) is 5.11. The molecule has 3 rings (SSSR count). The Kier molecular flexibility index (Phi) is 3.07. The van der Waals surface area contributed by atoms with Crippen LogP contribution in [0.25, 0.3) is 0 Å². The van der Waals surface area contributed by atoms with Crippen LogP contribution >= 0.6 is 11.6 Å². The number of rotatable bonds is 2. The van der Waals surface area contributed by atoms with E-state index in [0.717, 1.165) is 25.0 Å². The lowest BCUT2D eigenvalue weighted by Gasteiger charge is -2.36. The van der Waals surface area contributed by atoms with E-state index < -0.39 is 0 Å². The summed E-state index contributed by atoms with van der Waals surface area (Å²) in [6.07, 6.45) is 5.07. The van der Waals surface area contributed by atoms with Crippen LogP contribution in [0.2, 0.25) is 5.15 Å². The molecule has 0 spiro atoms. The monoisotopic (exact) mass is 276 g/mol. The molecule has 0 saturated heterocycles. The summed E-state index contributed by atoms with van der Waals surface area (Å²) in [6.45, 7) is 0.527. The predicted octanol–water partition coefficient (Wildman–Crippen LogP) is 2.05. The fraction of sp³-hybridized carbons (Fsp3) is 0.429. The van der Waals surface area contributed by atoms with Gasteiger partial charge in [0.05, 0.1) is 17.3 Å². The third-order valence-corrected chi connectivity index (χ3v) is 4.36. The molecule has 2 N–H and O–H groups in total. The SMILES string of the molecule is Cn1ncc2c1CCCC2(CN)c1cccc(Cl)n1. The molecule has 1 atom stereocenters. The molecule has 2 heterocycles. The molecule has 2 aromatic rings. The average molecular weight is 277 g/mol. The summed E-state index contributed by atoms with van der Waals surface area (Å²) < 4.78 is 1.95. The summed E-state index contributed by atoms with van der Waals surface area (Å²) in [5.41, 5.74) is 9.31. The minimum Gasteiger partial charge on any atom is -0.329 e.